The molecule has 0 bridgehead atoms. The van der Waals surface area contributed by atoms with E-state index in [1.54, 1.807) is 0 Å². The predicted octanol–water partition coefficient (Wildman–Crippen LogP) is 4.80. The molecule has 0 unspecified atom stereocenters. The van der Waals surface area contributed by atoms with Gasteiger partial charge in [-0.3, -0.25) is 4.79 Å². The number of nitrogens with one attached hydrogen (secondary N) is 1. The van der Waals surface area contributed by atoms with Gasteiger partial charge in [-0.05, 0) is 62.6 Å². The largest absolute Gasteiger partial charge is 0.494 e. The Bertz CT molecular complexity index is 908. The first-order chi connectivity index (χ1) is 12.0. The first kappa shape index (κ1) is 17.4. The van der Waals surface area contributed by atoms with E-state index in [9.17, 15) is 4.79 Å². The molecule has 0 radical (unpaired) electrons. The van der Waals surface area contributed by atoms with Gasteiger partial charge in [0.25, 0.3) is 0 Å². The summed E-state index contributed by atoms with van der Waals surface area (Å²) in [5, 5.41) is 3.55. The summed E-state index contributed by atoms with van der Waals surface area (Å²) in [6.07, 6.45) is 0.359. The van der Waals surface area contributed by atoms with Crippen molar-refractivity contribution in [3.8, 4) is 5.75 Å². The highest BCUT2D eigenvalue weighted by molar-refractivity contribution is 7.22. The van der Waals surface area contributed by atoms with Crippen molar-refractivity contribution in [2.24, 2.45) is 0 Å². The van der Waals surface area contributed by atoms with Crippen molar-refractivity contribution in [1.82, 2.24) is 4.98 Å². The SMILES string of the molecule is CCOc1ccc2nc(NC(=O)Cc3c(C)cc(C)cc3C)sc2c1. The number of ether oxygens (including phenoxy) is 1. The molecule has 0 saturated carbocycles. The fourth-order valence-electron chi connectivity index (χ4n) is 3.03. The van der Waals surface area contributed by atoms with Gasteiger partial charge in [-0.25, -0.2) is 4.98 Å². The highest BCUT2D eigenvalue weighted by atomic mass is 32.1. The number of amides is 1. The number of anilines is 1. The van der Waals surface area contributed by atoms with Crippen LogP contribution in [0.3, 0.4) is 0 Å². The lowest BCUT2D eigenvalue weighted by atomic mass is 9.97. The van der Waals surface area contributed by atoms with Gasteiger partial charge in [0.2, 0.25) is 5.91 Å². The number of carbonyl (C=O) groups excluding carboxylic acids is 1. The second-order valence-electron chi connectivity index (χ2n) is 6.18. The summed E-state index contributed by atoms with van der Waals surface area (Å²) in [5.74, 6) is 0.779. The lowest BCUT2D eigenvalue weighted by Crippen LogP contribution is -2.15. The molecule has 0 spiro atoms. The van der Waals surface area contributed by atoms with E-state index in [0.29, 0.717) is 18.2 Å². The summed E-state index contributed by atoms with van der Waals surface area (Å²) in [6.45, 7) is 8.76. The number of nitrogens with zero attached hydrogens (tertiary/aromatic N) is 1. The van der Waals surface area contributed by atoms with Crippen LogP contribution in [0.2, 0.25) is 0 Å². The summed E-state index contributed by atoms with van der Waals surface area (Å²) in [4.78, 5) is 16.9. The van der Waals surface area contributed by atoms with Crippen molar-refractivity contribution in [3.05, 3.63) is 52.6 Å². The Labute approximate surface area is 151 Å². The summed E-state index contributed by atoms with van der Waals surface area (Å²) >= 11 is 1.46. The van der Waals surface area contributed by atoms with Crippen LogP contribution in [0.4, 0.5) is 5.13 Å². The molecule has 0 aliphatic heterocycles. The normalized spacial score (nSPS) is 10.9. The monoisotopic (exact) mass is 354 g/mol. The van der Waals surface area contributed by atoms with Crippen molar-refractivity contribution < 1.29 is 9.53 Å². The fraction of sp³-hybridized carbons (Fsp3) is 0.300. The van der Waals surface area contributed by atoms with E-state index in [4.69, 9.17) is 4.74 Å². The lowest BCUT2D eigenvalue weighted by molar-refractivity contribution is -0.115. The minimum absolute atomic E-state index is 0.0425. The molecule has 0 aliphatic rings. The molecule has 3 aromatic rings. The van der Waals surface area contributed by atoms with Crippen molar-refractivity contribution in [1.29, 1.82) is 0 Å². The van der Waals surface area contributed by atoms with E-state index in [1.165, 1.54) is 16.9 Å². The van der Waals surface area contributed by atoms with Gasteiger partial charge in [0.05, 0.1) is 23.2 Å². The number of hydrogen-bond donors (Lipinski definition) is 1. The van der Waals surface area contributed by atoms with Gasteiger partial charge in [0.1, 0.15) is 5.75 Å². The number of aromatic nitrogens is 1. The van der Waals surface area contributed by atoms with Gasteiger partial charge in [-0.2, -0.15) is 0 Å². The molecule has 1 aromatic heterocycles. The molecule has 3 rings (SSSR count). The smallest absolute Gasteiger partial charge is 0.230 e. The molecule has 1 amide bonds. The molecule has 1 N–H and O–H groups in total. The zero-order chi connectivity index (χ0) is 18.0. The Hall–Kier alpha value is -2.40. The number of aryl methyl sites for hydroxylation is 3. The van der Waals surface area contributed by atoms with Gasteiger partial charge in [-0.15, -0.1) is 0 Å². The molecule has 0 aliphatic carbocycles. The number of hydrogen-bond acceptors (Lipinski definition) is 4. The number of thiazole rings is 1. The molecular weight excluding hydrogens is 332 g/mol. The van der Waals surface area contributed by atoms with Crippen LogP contribution in [0.5, 0.6) is 5.75 Å². The predicted molar refractivity (Wildman–Crippen MR) is 104 cm³/mol. The van der Waals surface area contributed by atoms with E-state index in [1.807, 2.05) is 25.1 Å². The van der Waals surface area contributed by atoms with Gasteiger partial charge >= 0.3 is 0 Å². The molecule has 5 heteroatoms. The molecule has 4 nitrogen and oxygen atoms in total. The number of carbonyl (C=O) groups is 1. The first-order valence-electron chi connectivity index (χ1n) is 8.36. The Kier molecular flexibility index (Phi) is 5.04. The van der Waals surface area contributed by atoms with Crippen LogP contribution in [0, 0.1) is 20.8 Å². The number of fused-ring (bicyclic) bond motifs is 1. The summed E-state index contributed by atoms with van der Waals surface area (Å²) < 4.78 is 6.51. The van der Waals surface area contributed by atoms with E-state index in [2.05, 4.69) is 43.2 Å². The summed E-state index contributed by atoms with van der Waals surface area (Å²) in [6, 6.07) is 10.0. The highest BCUT2D eigenvalue weighted by Gasteiger charge is 2.12. The highest BCUT2D eigenvalue weighted by Crippen LogP contribution is 2.29. The standard InChI is InChI=1S/C20H22N2O2S/c1-5-24-15-6-7-17-18(10-15)25-20(21-17)22-19(23)11-16-13(3)8-12(2)9-14(16)4/h6-10H,5,11H2,1-4H3,(H,21,22,23). The van der Waals surface area contributed by atoms with Gasteiger partial charge < -0.3 is 10.1 Å². The van der Waals surface area contributed by atoms with Crippen molar-refractivity contribution >= 4 is 32.6 Å². The first-order valence-corrected chi connectivity index (χ1v) is 9.18. The second kappa shape index (κ2) is 7.23. The van der Waals surface area contributed by atoms with Crippen LogP contribution in [0.1, 0.15) is 29.2 Å². The van der Waals surface area contributed by atoms with Crippen molar-refractivity contribution in [3.63, 3.8) is 0 Å². The Morgan fingerprint density at radius 3 is 2.56 bits per heavy atom. The third-order valence-electron chi connectivity index (χ3n) is 4.09. The number of benzene rings is 2. The quantitative estimate of drug-likeness (QED) is 0.716. The number of rotatable bonds is 5. The fourth-order valence-corrected chi connectivity index (χ4v) is 3.94. The minimum atomic E-state index is -0.0425. The topological polar surface area (TPSA) is 51.2 Å². The van der Waals surface area contributed by atoms with E-state index < -0.39 is 0 Å². The Balaban J connectivity index is 1.76. The molecule has 0 fully saturated rings. The van der Waals surface area contributed by atoms with Gasteiger partial charge in [0, 0.05) is 0 Å². The maximum atomic E-state index is 12.4. The van der Waals surface area contributed by atoms with Crippen LogP contribution >= 0.6 is 11.3 Å². The summed E-state index contributed by atoms with van der Waals surface area (Å²) in [5.41, 5.74) is 5.47. The molecular formula is C20H22N2O2S. The lowest BCUT2D eigenvalue weighted by Gasteiger charge is -2.10. The van der Waals surface area contributed by atoms with Crippen molar-refractivity contribution in [2.75, 3.05) is 11.9 Å². The zero-order valence-corrected chi connectivity index (χ0v) is 15.8. The third-order valence-corrected chi connectivity index (χ3v) is 5.03. The van der Waals surface area contributed by atoms with E-state index in [0.717, 1.165) is 32.7 Å². The van der Waals surface area contributed by atoms with Crippen LogP contribution in [-0.2, 0) is 11.2 Å². The average molecular weight is 354 g/mol. The zero-order valence-electron chi connectivity index (χ0n) is 15.0. The van der Waals surface area contributed by atoms with E-state index >= 15 is 0 Å². The second-order valence-corrected chi connectivity index (χ2v) is 7.21. The molecule has 0 atom stereocenters. The maximum Gasteiger partial charge on any atom is 0.230 e. The van der Waals surface area contributed by atoms with Gasteiger partial charge in [0.15, 0.2) is 5.13 Å². The van der Waals surface area contributed by atoms with Crippen LogP contribution in [0.15, 0.2) is 30.3 Å². The van der Waals surface area contributed by atoms with Gasteiger partial charge in [-0.1, -0.05) is 29.0 Å². The molecule has 2 aromatic carbocycles. The van der Waals surface area contributed by atoms with Crippen LogP contribution in [-0.4, -0.2) is 17.5 Å². The molecule has 1 heterocycles. The summed E-state index contributed by atoms with van der Waals surface area (Å²) in [7, 11) is 0. The third kappa shape index (κ3) is 3.99. The molecule has 130 valence electrons. The minimum Gasteiger partial charge on any atom is -0.494 e. The maximum absolute atomic E-state index is 12.4. The Morgan fingerprint density at radius 1 is 1.16 bits per heavy atom. The average Bonchev–Trinajstić information content (AvgIpc) is 2.92. The molecule has 25 heavy (non-hydrogen) atoms. The van der Waals surface area contributed by atoms with E-state index in [-0.39, 0.29) is 5.91 Å². The van der Waals surface area contributed by atoms with Crippen LogP contribution in [0.25, 0.3) is 10.2 Å². The van der Waals surface area contributed by atoms with Crippen molar-refractivity contribution in [2.45, 2.75) is 34.1 Å². The Morgan fingerprint density at radius 2 is 1.88 bits per heavy atom. The molecule has 0 saturated heterocycles. The van der Waals surface area contributed by atoms with Crippen LogP contribution < -0.4 is 10.1 Å².